The van der Waals surface area contributed by atoms with E-state index >= 15 is 0 Å². The highest BCUT2D eigenvalue weighted by Gasteiger charge is 2.23. The predicted molar refractivity (Wildman–Crippen MR) is 118 cm³/mol. The van der Waals surface area contributed by atoms with Crippen LogP contribution in [-0.4, -0.2) is 21.2 Å². The Hall–Kier alpha value is -3.67. The molecule has 0 fully saturated rings. The molecule has 0 unspecified atom stereocenters. The highest BCUT2D eigenvalue weighted by atomic mass is 19.1. The van der Waals surface area contributed by atoms with Crippen LogP contribution in [0.1, 0.15) is 26.3 Å². The molecule has 0 atom stereocenters. The molecule has 6 heteroatoms. The third kappa shape index (κ3) is 4.74. The molecule has 5 nitrogen and oxygen atoms in total. The summed E-state index contributed by atoms with van der Waals surface area (Å²) >= 11 is 0. The van der Waals surface area contributed by atoms with Crippen molar-refractivity contribution in [2.24, 2.45) is 0 Å². The first-order valence-electron chi connectivity index (χ1n) is 9.98. The number of pyridine rings is 1. The molecule has 158 valence electrons. The fourth-order valence-corrected chi connectivity index (χ4v) is 3.26. The number of carbonyl (C=O) groups excluding carboxylic acids is 1. The molecule has 0 saturated heterocycles. The van der Waals surface area contributed by atoms with Crippen molar-refractivity contribution in [3.05, 3.63) is 84.4 Å². The lowest BCUT2D eigenvalue weighted by Gasteiger charge is -2.21. The van der Waals surface area contributed by atoms with E-state index in [2.05, 4.69) is 4.98 Å². The van der Waals surface area contributed by atoms with Crippen LogP contribution in [0.4, 0.5) is 9.18 Å². The van der Waals surface area contributed by atoms with Crippen molar-refractivity contribution in [2.75, 3.05) is 0 Å². The molecule has 4 rings (SSSR count). The summed E-state index contributed by atoms with van der Waals surface area (Å²) in [6, 6.07) is 20.1. The van der Waals surface area contributed by atoms with E-state index in [4.69, 9.17) is 9.47 Å². The number of carbonyl (C=O) groups is 1. The minimum absolute atomic E-state index is 0.411. The molecule has 4 aromatic rings. The van der Waals surface area contributed by atoms with Crippen molar-refractivity contribution in [1.29, 1.82) is 0 Å². The SMILES string of the molecule is CC(C)(C)OC(=O)n1c(-c2ccc(F)nc2)cc2ccc(OCc3ccccc3)cc21. The lowest BCUT2D eigenvalue weighted by atomic mass is 10.2. The number of hydrogen-bond acceptors (Lipinski definition) is 4. The molecule has 31 heavy (non-hydrogen) atoms. The second kappa shape index (κ2) is 8.22. The number of rotatable bonds is 4. The van der Waals surface area contributed by atoms with E-state index in [-0.39, 0.29) is 0 Å². The van der Waals surface area contributed by atoms with Crippen LogP contribution in [0.25, 0.3) is 22.2 Å². The summed E-state index contributed by atoms with van der Waals surface area (Å²) in [6.45, 7) is 5.84. The average molecular weight is 418 g/mol. The van der Waals surface area contributed by atoms with Crippen LogP contribution in [-0.2, 0) is 11.3 Å². The number of benzene rings is 2. The van der Waals surface area contributed by atoms with E-state index < -0.39 is 17.6 Å². The quantitative estimate of drug-likeness (QED) is 0.370. The Bertz CT molecular complexity index is 1210. The van der Waals surface area contributed by atoms with E-state index in [1.165, 1.54) is 16.8 Å². The summed E-state index contributed by atoms with van der Waals surface area (Å²) in [5.74, 6) is 0.0447. The maximum atomic E-state index is 13.3. The molecule has 0 spiro atoms. The van der Waals surface area contributed by atoms with E-state index in [0.29, 0.717) is 29.1 Å². The molecular formula is C25H23FN2O3. The monoisotopic (exact) mass is 418 g/mol. The molecular weight excluding hydrogens is 395 g/mol. The highest BCUT2D eigenvalue weighted by molar-refractivity contribution is 5.96. The molecule has 0 aliphatic heterocycles. The minimum Gasteiger partial charge on any atom is -0.489 e. The summed E-state index contributed by atoms with van der Waals surface area (Å²) in [7, 11) is 0. The normalized spacial score (nSPS) is 11.5. The van der Waals surface area contributed by atoms with Gasteiger partial charge in [-0.2, -0.15) is 4.39 Å². The van der Waals surface area contributed by atoms with Crippen LogP contribution in [0.3, 0.4) is 0 Å². The molecule has 0 aliphatic carbocycles. The van der Waals surface area contributed by atoms with Gasteiger partial charge in [-0.15, -0.1) is 0 Å². The van der Waals surface area contributed by atoms with Crippen LogP contribution in [0, 0.1) is 5.95 Å². The summed E-state index contributed by atoms with van der Waals surface area (Å²) < 4.78 is 26.4. The van der Waals surface area contributed by atoms with Gasteiger partial charge in [0.15, 0.2) is 0 Å². The number of halogens is 1. The summed E-state index contributed by atoms with van der Waals surface area (Å²) in [5.41, 5.74) is 2.18. The Balaban J connectivity index is 1.76. The Morgan fingerprint density at radius 1 is 1.03 bits per heavy atom. The van der Waals surface area contributed by atoms with Crippen molar-refractivity contribution in [3.63, 3.8) is 0 Å². The number of aromatic nitrogens is 2. The largest absolute Gasteiger partial charge is 0.489 e. The van der Waals surface area contributed by atoms with Crippen molar-refractivity contribution in [3.8, 4) is 17.0 Å². The zero-order valence-electron chi connectivity index (χ0n) is 17.6. The van der Waals surface area contributed by atoms with E-state index in [9.17, 15) is 9.18 Å². The van der Waals surface area contributed by atoms with E-state index in [0.717, 1.165) is 10.9 Å². The molecule has 0 bridgehead atoms. The van der Waals surface area contributed by atoms with Crippen molar-refractivity contribution in [1.82, 2.24) is 9.55 Å². The minimum atomic E-state index is -0.673. The maximum Gasteiger partial charge on any atom is 0.419 e. The molecule has 0 saturated carbocycles. The van der Waals surface area contributed by atoms with Gasteiger partial charge in [0.2, 0.25) is 5.95 Å². The summed E-state index contributed by atoms with van der Waals surface area (Å²) in [5, 5.41) is 0.831. The van der Waals surface area contributed by atoms with E-state index in [1.807, 2.05) is 75.4 Å². The molecule has 2 aromatic carbocycles. The highest BCUT2D eigenvalue weighted by Crippen LogP contribution is 2.31. The van der Waals surface area contributed by atoms with Gasteiger partial charge in [-0.25, -0.2) is 14.3 Å². The van der Waals surface area contributed by atoms with Crippen molar-refractivity contribution < 1.29 is 18.7 Å². The van der Waals surface area contributed by atoms with Crippen molar-refractivity contribution >= 4 is 17.0 Å². The molecule has 2 aromatic heterocycles. The Kier molecular flexibility index (Phi) is 5.46. The van der Waals surface area contributed by atoms with Gasteiger partial charge in [-0.05, 0) is 56.7 Å². The summed E-state index contributed by atoms with van der Waals surface area (Å²) in [4.78, 5) is 16.8. The standard InChI is InChI=1S/C25H23FN2O3/c1-25(2,3)31-24(29)28-21(19-10-12-23(26)27-15-19)13-18-9-11-20(14-22(18)28)30-16-17-7-5-4-6-8-17/h4-15H,16H2,1-3H3. The lowest BCUT2D eigenvalue weighted by molar-refractivity contribution is 0.0547. The predicted octanol–water partition coefficient (Wildman–Crippen LogP) is 6.20. The van der Waals surface area contributed by atoms with Gasteiger partial charge in [0.05, 0.1) is 11.2 Å². The average Bonchev–Trinajstić information content (AvgIpc) is 3.11. The molecule has 0 aliphatic rings. The van der Waals surface area contributed by atoms with Gasteiger partial charge >= 0.3 is 6.09 Å². The van der Waals surface area contributed by atoms with Crippen LogP contribution in [0.15, 0.2) is 72.9 Å². The molecule has 0 amide bonds. The van der Waals surface area contributed by atoms with Gasteiger partial charge in [0, 0.05) is 23.2 Å². The number of hydrogen-bond donors (Lipinski definition) is 0. The second-order valence-corrected chi connectivity index (χ2v) is 8.21. The fourth-order valence-electron chi connectivity index (χ4n) is 3.26. The van der Waals surface area contributed by atoms with Crippen LogP contribution >= 0.6 is 0 Å². The van der Waals surface area contributed by atoms with Crippen LogP contribution in [0.2, 0.25) is 0 Å². The third-order valence-electron chi connectivity index (χ3n) is 4.62. The number of ether oxygens (including phenoxy) is 2. The number of nitrogens with zero attached hydrogens (tertiary/aromatic N) is 2. The first kappa shape index (κ1) is 20.6. The Morgan fingerprint density at radius 2 is 1.81 bits per heavy atom. The zero-order valence-corrected chi connectivity index (χ0v) is 17.6. The van der Waals surface area contributed by atoms with Gasteiger partial charge in [-0.3, -0.25) is 0 Å². The van der Waals surface area contributed by atoms with Gasteiger partial charge in [-0.1, -0.05) is 30.3 Å². The Morgan fingerprint density at radius 3 is 2.48 bits per heavy atom. The van der Waals surface area contributed by atoms with Crippen LogP contribution < -0.4 is 4.74 Å². The van der Waals surface area contributed by atoms with E-state index in [1.54, 1.807) is 6.07 Å². The van der Waals surface area contributed by atoms with Gasteiger partial charge in [0.1, 0.15) is 18.0 Å². The Labute approximate surface area is 180 Å². The smallest absolute Gasteiger partial charge is 0.419 e. The third-order valence-corrected chi connectivity index (χ3v) is 4.62. The molecule has 0 N–H and O–H groups in total. The lowest BCUT2D eigenvalue weighted by Crippen LogP contribution is -2.27. The molecule has 0 radical (unpaired) electrons. The topological polar surface area (TPSA) is 53.4 Å². The first-order valence-corrected chi connectivity index (χ1v) is 9.98. The first-order chi connectivity index (χ1) is 14.8. The van der Waals surface area contributed by atoms with Crippen LogP contribution in [0.5, 0.6) is 5.75 Å². The molecule has 2 heterocycles. The zero-order chi connectivity index (χ0) is 22.0. The summed E-state index contributed by atoms with van der Waals surface area (Å²) in [6.07, 6.45) is 0.874. The van der Waals surface area contributed by atoms with Crippen molar-refractivity contribution in [2.45, 2.75) is 33.0 Å². The maximum absolute atomic E-state index is 13.3. The number of fused-ring (bicyclic) bond motifs is 1. The van der Waals surface area contributed by atoms with Gasteiger partial charge in [0.25, 0.3) is 0 Å². The fraction of sp³-hybridized carbons (Fsp3) is 0.200. The second-order valence-electron chi connectivity index (χ2n) is 8.21. The van der Waals surface area contributed by atoms with Gasteiger partial charge < -0.3 is 9.47 Å².